The minimum Gasteiger partial charge on any atom is -0.459 e. The van der Waals surface area contributed by atoms with E-state index in [0.717, 1.165) is 11.3 Å². The Morgan fingerprint density at radius 1 is 1.35 bits per heavy atom. The Labute approximate surface area is 127 Å². The van der Waals surface area contributed by atoms with E-state index in [2.05, 4.69) is 5.10 Å². The van der Waals surface area contributed by atoms with Crippen LogP contribution in [-0.2, 0) is 29.6 Å². The van der Waals surface area contributed by atoms with Gasteiger partial charge in [0.2, 0.25) is 0 Å². The van der Waals surface area contributed by atoms with Crippen molar-refractivity contribution < 1.29 is 9.53 Å². The molecule has 4 nitrogen and oxygen atoms in total. The van der Waals surface area contributed by atoms with Gasteiger partial charge in [0.05, 0.1) is 5.69 Å². The second-order valence-corrected chi connectivity index (χ2v) is 5.22. The predicted molar refractivity (Wildman–Crippen MR) is 77.8 cm³/mol. The van der Waals surface area contributed by atoms with E-state index < -0.39 is 0 Å². The number of esters is 1. The molecule has 1 aromatic carbocycles. The van der Waals surface area contributed by atoms with Crippen LogP contribution in [0.5, 0.6) is 0 Å². The third-order valence-electron chi connectivity index (χ3n) is 2.76. The average Bonchev–Trinajstić information content (AvgIpc) is 2.81. The van der Waals surface area contributed by atoms with E-state index in [-0.39, 0.29) is 19.0 Å². The van der Waals surface area contributed by atoms with Gasteiger partial charge in [-0.15, -0.1) is 0 Å². The predicted octanol–water partition coefficient (Wildman–Crippen LogP) is 3.40. The maximum Gasteiger partial charge on any atom is 0.306 e. The summed E-state index contributed by atoms with van der Waals surface area (Å²) in [5.41, 5.74) is 1.61. The summed E-state index contributed by atoms with van der Waals surface area (Å²) in [4.78, 5) is 11.6. The van der Waals surface area contributed by atoms with Crippen molar-refractivity contribution >= 4 is 29.2 Å². The minimum absolute atomic E-state index is 0.189. The Kier molecular flexibility index (Phi) is 5.04. The molecule has 0 saturated carbocycles. The first-order valence-electron chi connectivity index (χ1n) is 6.12. The number of aromatic nitrogens is 2. The zero-order valence-electron chi connectivity index (χ0n) is 11.0. The highest BCUT2D eigenvalue weighted by molar-refractivity contribution is 6.35. The van der Waals surface area contributed by atoms with Crippen LogP contribution >= 0.6 is 23.2 Å². The lowest BCUT2D eigenvalue weighted by Crippen LogP contribution is -2.06. The average molecular weight is 313 g/mol. The highest BCUT2D eigenvalue weighted by atomic mass is 35.5. The maximum atomic E-state index is 11.6. The second-order valence-electron chi connectivity index (χ2n) is 4.38. The molecule has 0 unspecified atom stereocenters. The van der Waals surface area contributed by atoms with Crippen molar-refractivity contribution in [1.82, 2.24) is 9.78 Å². The number of carbonyl (C=O) groups is 1. The number of aryl methyl sites for hydroxylation is 2. The summed E-state index contributed by atoms with van der Waals surface area (Å²) in [6.45, 7) is 0.189. The molecular formula is C14H14Cl2N2O2. The van der Waals surface area contributed by atoms with E-state index in [1.54, 1.807) is 23.0 Å². The van der Waals surface area contributed by atoms with Gasteiger partial charge >= 0.3 is 5.97 Å². The number of ether oxygens (including phenoxy) is 1. The summed E-state index contributed by atoms with van der Waals surface area (Å²) in [7, 11) is 1.81. The third kappa shape index (κ3) is 4.25. The van der Waals surface area contributed by atoms with Gasteiger partial charge in [0.25, 0.3) is 0 Å². The number of hydrogen-bond acceptors (Lipinski definition) is 3. The number of halogens is 2. The summed E-state index contributed by atoms with van der Waals surface area (Å²) in [5, 5.41) is 5.27. The molecule has 0 spiro atoms. The number of rotatable bonds is 5. The minimum atomic E-state index is -0.276. The van der Waals surface area contributed by atoms with Gasteiger partial charge in [0, 0.05) is 29.7 Å². The second kappa shape index (κ2) is 6.77. The summed E-state index contributed by atoms with van der Waals surface area (Å²) in [5.74, 6) is -0.276. The molecule has 2 rings (SSSR count). The van der Waals surface area contributed by atoms with Crippen LogP contribution < -0.4 is 0 Å². The molecule has 0 aliphatic heterocycles. The Balaban J connectivity index is 1.80. The van der Waals surface area contributed by atoms with Crippen LogP contribution in [-0.4, -0.2) is 15.7 Å². The fraction of sp³-hybridized carbons (Fsp3) is 0.286. The lowest BCUT2D eigenvalue weighted by molar-refractivity contribution is -0.145. The Bertz CT molecular complexity index is 611. The van der Waals surface area contributed by atoms with Gasteiger partial charge in [0.15, 0.2) is 0 Å². The quantitative estimate of drug-likeness (QED) is 0.795. The Hall–Kier alpha value is -1.52. The lowest BCUT2D eigenvalue weighted by Gasteiger charge is -2.05. The standard InChI is InChI=1S/C14H14Cl2N2O2/c1-18-7-6-12(17-18)9-20-14(19)5-3-10-2-4-11(15)8-13(10)16/h2,4,6-8H,3,5,9H2,1H3. The topological polar surface area (TPSA) is 44.1 Å². The van der Waals surface area contributed by atoms with E-state index in [1.165, 1.54) is 0 Å². The Morgan fingerprint density at radius 3 is 2.80 bits per heavy atom. The molecule has 0 aliphatic rings. The van der Waals surface area contributed by atoms with Crippen LogP contribution in [0.2, 0.25) is 10.0 Å². The van der Waals surface area contributed by atoms with Crippen molar-refractivity contribution in [3.05, 3.63) is 51.8 Å². The van der Waals surface area contributed by atoms with Crippen molar-refractivity contribution in [2.24, 2.45) is 7.05 Å². The van der Waals surface area contributed by atoms with E-state index in [9.17, 15) is 4.79 Å². The van der Waals surface area contributed by atoms with Gasteiger partial charge in [-0.25, -0.2) is 0 Å². The van der Waals surface area contributed by atoms with Gasteiger partial charge in [-0.2, -0.15) is 5.10 Å². The first-order chi connectivity index (χ1) is 9.54. The van der Waals surface area contributed by atoms with Crippen LogP contribution in [0.1, 0.15) is 17.7 Å². The molecule has 0 atom stereocenters. The summed E-state index contributed by atoms with van der Waals surface area (Å²) in [6.07, 6.45) is 2.60. The molecule has 20 heavy (non-hydrogen) atoms. The fourth-order valence-electron chi connectivity index (χ4n) is 1.73. The molecule has 0 saturated heterocycles. The Morgan fingerprint density at radius 2 is 2.15 bits per heavy atom. The van der Waals surface area contributed by atoms with Crippen LogP contribution in [0.4, 0.5) is 0 Å². The number of hydrogen-bond donors (Lipinski definition) is 0. The van der Waals surface area contributed by atoms with Crippen molar-refractivity contribution in [2.45, 2.75) is 19.4 Å². The molecule has 1 aromatic heterocycles. The molecule has 0 amide bonds. The van der Waals surface area contributed by atoms with Gasteiger partial charge in [-0.05, 0) is 30.2 Å². The maximum absolute atomic E-state index is 11.6. The zero-order chi connectivity index (χ0) is 14.5. The monoisotopic (exact) mass is 312 g/mol. The first-order valence-corrected chi connectivity index (χ1v) is 6.88. The summed E-state index contributed by atoms with van der Waals surface area (Å²) in [6, 6.07) is 7.04. The third-order valence-corrected chi connectivity index (χ3v) is 3.35. The molecule has 0 aliphatic carbocycles. The lowest BCUT2D eigenvalue weighted by atomic mass is 10.1. The summed E-state index contributed by atoms with van der Waals surface area (Å²) < 4.78 is 6.81. The zero-order valence-corrected chi connectivity index (χ0v) is 12.5. The van der Waals surface area contributed by atoms with Crippen LogP contribution in [0.25, 0.3) is 0 Å². The first kappa shape index (κ1) is 14.9. The van der Waals surface area contributed by atoms with Crippen molar-refractivity contribution in [1.29, 1.82) is 0 Å². The summed E-state index contributed by atoms with van der Waals surface area (Å²) >= 11 is 11.9. The normalized spacial score (nSPS) is 10.6. The van der Waals surface area contributed by atoms with E-state index in [0.29, 0.717) is 16.5 Å². The number of carbonyl (C=O) groups excluding carboxylic acids is 1. The van der Waals surface area contributed by atoms with E-state index >= 15 is 0 Å². The molecular weight excluding hydrogens is 299 g/mol. The van der Waals surface area contributed by atoms with E-state index in [4.69, 9.17) is 27.9 Å². The van der Waals surface area contributed by atoms with Crippen LogP contribution in [0, 0.1) is 0 Å². The van der Waals surface area contributed by atoms with Crippen LogP contribution in [0.3, 0.4) is 0 Å². The van der Waals surface area contributed by atoms with Gasteiger partial charge < -0.3 is 4.74 Å². The molecule has 0 bridgehead atoms. The number of benzene rings is 1. The smallest absolute Gasteiger partial charge is 0.306 e. The van der Waals surface area contributed by atoms with Crippen LogP contribution in [0.15, 0.2) is 30.5 Å². The highest BCUT2D eigenvalue weighted by Gasteiger charge is 2.08. The van der Waals surface area contributed by atoms with Crippen molar-refractivity contribution in [3.8, 4) is 0 Å². The molecule has 1 heterocycles. The fourth-order valence-corrected chi connectivity index (χ4v) is 2.23. The van der Waals surface area contributed by atoms with Gasteiger partial charge in [-0.3, -0.25) is 9.48 Å². The molecule has 0 N–H and O–H groups in total. The van der Waals surface area contributed by atoms with E-state index in [1.807, 2.05) is 19.2 Å². The largest absolute Gasteiger partial charge is 0.459 e. The van der Waals surface area contributed by atoms with Gasteiger partial charge in [0.1, 0.15) is 6.61 Å². The molecule has 6 heteroatoms. The molecule has 0 fully saturated rings. The van der Waals surface area contributed by atoms with Crippen molar-refractivity contribution in [2.75, 3.05) is 0 Å². The molecule has 2 aromatic rings. The van der Waals surface area contributed by atoms with Gasteiger partial charge in [-0.1, -0.05) is 29.3 Å². The van der Waals surface area contributed by atoms with Crippen molar-refractivity contribution in [3.63, 3.8) is 0 Å². The SMILES string of the molecule is Cn1ccc(COC(=O)CCc2ccc(Cl)cc2Cl)n1. The molecule has 0 radical (unpaired) electrons. The number of nitrogens with zero attached hydrogens (tertiary/aromatic N) is 2. The highest BCUT2D eigenvalue weighted by Crippen LogP contribution is 2.22. The molecule has 106 valence electrons.